The fourth-order valence-corrected chi connectivity index (χ4v) is 3.97. The van der Waals surface area contributed by atoms with Crippen molar-refractivity contribution in [3.05, 3.63) is 94.2 Å². The van der Waals surface area contributed by atoms with Crippen LogP contribution in [0.3, 0.4) is 0 Å². The molecule has 0 bridgehead atoms. The van der Waals surface area contributed by atoms with Gasteiger partial charge in [0.15, 0.2) is 0 Å². The van der Waals surface area contributed by atoms with Gasteiger partial charge in [-0.15, -0.1) is 0 Å². The van der Waals surface area contributed by atoms with Crippen molar-refractivity contribution in [3.63, 3.8) is 0 Å². The Balaban J connectivity index is 1.63. The lowest BCUT2D eigenvalue weighted by Crippen LogP contribution is -2.30. The van der Waals surface area contributed by atoms with E-state index < -0.39 is 6.09 Å². The number of aryl methyl sites for hydroxylation is 1. The Kier molecular flexibility index (Phi) is 6.58. The fourth-order valence-electron chi connectivity index (χ4n) is 3.97. The first kappa shape index (κ1) is 23.0. The minimum absolute atomic E-state index is 0.156. The SMILES string of the molecule is CCCN(C(=O)O)c1cccc(Cc2nn(-c3ccc(-c4cnn(C)c4)cc3)ccc2=O)c1C. The van der Waals surface area contributed by atoms with Gasteiger partial charge in [0.25, 0.3) is 0 Å². The molecular weight excluding hydrogens is 430 g/mol. The number of aromatic nitrogens is 4. The first-order valence-corrected chi connectivity index (χ1v) is 11.1. The number of benzene rings is 2. The molecule has 2 aromatic carbocycles. The number of hydrogen-bond acceptors (Lipinski definition) is 4. The molecule has 0 spiro atoms. The van der Waals surface area contributed by atoms with Gasteiger partial charge in [-0.2, -0.15) is 10.2 Å². The van der Waals surface area contributed by atoms with Crippen LogP contribution in [-0.4, -0.2) is 37.3 Å². The van der Waals surface area contributed by atoms with Crippen LogP contribution in [0.2, 0.25) is 0 Å². The standard InChI is InChI=1S/C26H27N5O3/c1-4-13-30(26(33)34)24-7-5-6-20(18(24)2)15-23-25(32)12-14-31(28-23)22-10-8-19(9-11-22)21-16-27-29(3)17-21/h5-12,14,16-17H,4,13,15H2,1-3H3,(H,33,34). The van der Waals surface area contributed by atoms with Crippen molar-refractivity contribution >= 4 is 11.8 Å². The first-order chi connectivity index (χ1) is 16.4. The first-order valence-electron chi connectivity index (χ1n) is 11.1. The van der Waals surface area contributed by atoms with Crippen molar-refractivity contribution in [1.82, 2.24) is 19.6 Å². The van der Waals surface area contributed by atoms with E-state index in [1.54, 1.807) is 21.6 Å². The molecule has 0 aliphatic heterocycles. The van der Waals surface area contributed by atoms with Gasteiger partial charge in [0.2, 0.25) is 5.43 Å². The normalized spacial score (nSPS) is 10.9. The number of carbonyl (C=O) groups is 1. The van der Waals surface area contributed by atoms with Crippen LogP contribution in [0.1, 0.15) is 30.2 Å². The highest BCUT2D eigenvalue weighted by atomic mass is 16.4. The summed E-state index contributed by atoms with van der Waals surface area (Å²) >= 11 is 0. The Hall–Kier alpha value is -4.20. The molecule has 0 saturated heterocycles. The Labute approximate surface area is 197 Å². The lowest BCUT2D eigenvalue weighted by Gasteiger charge is -2.22. The van der Waals surface area contributed by atoms with Crippen LogP contribution in [0.5, 0.6) is 0 Å². The van der Waals surface area contributed by atoms with E-state index in [4.69, 9.17) is 0 Å². The number of carboxylic acid groups (broad SMARTS) is 1. The largest absolute Gasteiger partial charge is 0.465 e. The second-order valence-corrected chi connectivity index (χ2v) is 8.19. The summed E-state index contributed by atoms with van der Waals surface area (Å²) in [6.45, 7) is 4.23. The average Bonchev–Trinajstić information content (AvgIpc) is 3.27. The van der Waals surface area contributed by atoms with Crippen LogP contribution in [-0.2, 0) is 13.5 Å². The summed E-state index contributed by atoms with van der Waals surface area (Å²) in [5.41, 5.74) is 5.48. The van der Waals surface area contributed by atoms with E-state index in [2.05, 4.69) is 10.2 Å². The Morgan fingerprint density at radius 3 is 2.50 bits per heavy atom. The van der Waals surface area contributed by atoms with E-state index in [1.807, 2.05) is 69.7 Å². The molecule has 4 aromatic rings. The predicted octanol–water partition coefficient (Wildman–Crippen LogP) is 4.43. The summed E-state index contributed by atoms with van der Waals surface area (Å²) in [6, 6.07) is 14.9. The molecule has 0 radical (unpaired) electrons. The number of amides is 1. The van der Waals surface area contributed by atoms with Crippen LogP contribution < -0.4 is 10.3 Å². The summed E-state index contributed by atoms with van der Waals surface area (Å²) in [4.78, 5) is 25.7. The van der Waals surface area contributed by atoms with Crippen LogP contribution in [0.15, 0.2) is 71.9 Å². The fraction of sp³-hybridized carbons (Fsp3) is 0.231. The predicted molar refractivity (Wildman–Crippen MR) is 132 cm³/mol. The van der Waals surface area contributed by atoms with E-state index in [-0.39, 0.29) is 5.43 Å². The zero-order valence-electron chi connectivity index (χ0n) is 19.5. The lowest BCUT2D eigenvalue weighted by molar-refractivity contribution is 0.201. The molecule has 34 heavy (non-hydrogen) atoms. The van der Waals surface area contributed by atoms with Gasteiger partial charge in [-0.3, -0.25) is 14.4 Å². The smallest absolute Gasteiger partial charge is 0.411 e. The minimum Gasteiger partial charge on any atom is -0.465 e. The molecule has 174 valence electrons. The number of nitrogens with zero attached hydrogens (tertiary/aromatic N) is 5. The molecule has 0 fully saturated rings. The molecule has 1 amide bonds. The van der Waals surface area contributed by atoms with Gasteiger partial charge < -0.3 is 5.11 Å². The van der Waals surface area contributed by atoms with E-state index in [1.165, 1.54) is 11.0 Å². The second-order valence-electron chi connectivity index (χ2n) is 8.19. The molecule has 1 N–H and O–H groups in total. The summed E-state index contributed by atoms with van der Waals surface area (Å²) < 4.78 is 3.44. The number of hydrogen-bond donors (Lipinski definition) is 1. The maximum Gasteiger partial charge on any atom is 0.411 e. The van der Waals surface area contributed by atoms with E-state index in [0.29, 0.717) is 30.8 Å². The molecule has 8 heteroatoms. The van der Waals surface area contributed by atoms with Crippen molar-refractivity contribution in [1.29, 1.82) is 0 Å². The molecule has 8 nitrogen and oxygen atoms in total. The molecule has 2 heterocycles. The van der Waals surface area contributed by atoms with Gasteiger partial charge in [-0.1, -0.05) is 31.2 Å². The van der Waals surface area contributed by atoms with Crippen molar-refractivity contribution < 1.29 is 9.90 Å². The number of anilines is 1. The highest BCUT2D eigenvalue weighted by molar-refractivity contribution is 5.87. The summed E-state index contributed by atoms with van der Waals surface area (Å²) in [6.07, 6.45) is 5.45. The van der Waals surface area contributed by atoms with E-state index in [0.717, 1.165) is 27.9 Å². The van der Waals surface area contributed by atoms with Crippen molar-refractivity contribution in [2.24, 2.45) is 7.05 Å². The van der Waals surface area contributed by atoms with E-state index >= 15 is 0 Å². The second kappa shape index (κ2) is 9.74. The molecule has 0 saturated carbocycles. The Bertz CT molecular complexity index is 1370. The van der Waals surface area contributed by atoms with Crippen LogP contribution in [0, 0.1) is 6.92 Å². The maximum atomic E-state index is 12.6. The molecule has 0 unspecified atom stereocenters. The topological polar surface area (TPSA) is 93.2 Å². The quantitative estimate of drug-likeness (QED) is 0.443. The van der Waals surface area contributed by atoms with Gasteiger partial charge in [-0.05, 0) is 48.2 Å². The molecule has 0 atom stereocenters. The Morgan fingerprint density at radius 1 is 1.09 bits per heavy atom. The molecule has 4 rings (SSSR count). The summed E-state index contributed by atoms with van der Waals surface area (Å²) in [5, 5.41) is 18.4. The average molecular weight is 458 g/mol. The Morgan fingerprint density at radius 2 is 1.85 bits per heavy atom. The highest BCUT2D eigenvalue weighted by Gasteiger charge is 2.18. The van der Waals surface area contributed by atoms with Gasteiger partial charge >= 0.3 is 6.09 Å². The lowest BCUT2D eigenvalue weighted by atomic mass is 10.0. The van der Waals surface area contributed by atoms with Crippen LogP contribution in [0.25, 0.3) is 16.8 Å². The summed E-state index contributed by atoms with van der Waals surface area (Å²) in [7, 11) is 1.88. The zero-order valence-corrected chi connectivity index (χ0v) is 19.5. The van der Waals surface area contributed by atoms with Gasteiger partial charge in [0.1, 0.15) is 5.69 Å². The zero-order chi connectivity index (χ0) is 24.2. The van der Waals surface area contributed by atoms with Crippen molar-refractivity contribution in [3.8, 4) is 16.8 Å². The van der Waals surface area contributed by atoms with Gasteiger partial charge in [-0.25, -0.2) is 9.48 Å². The third kappa shape index (κ3) is 4.76. The van der Waals surface area contributed by atoms with E-state index in [9.17, 15) is 14.7 Å². The van der Waals surface area contributed by atoms with Crippen molar-refractivity contribution in [2.75, 3.05) is 11.4 Å². The maximum absolute atomic E-state index is 12.6. The highest BCUT2D eigenvalue weighted by Crippen LogP contribution is 2.25. The molecular formula is C26H27N5O3. The third-order valence-corrected chi connectivity index (χ3v) is 5.79. The minimum atomic E-state index is -0.989. The van der Waals surface area contributed by atoms with Crippen LogP contribution >= 0.6 is 0 Å². The third-order valence-electron chi connectivity index (χ3n) is 5.79. The molecule has 2 aromatic heterocycles. The van der Waals surface area contributed by atoms with Crippen molar-refractivity contribution in [2.45, 2.75) is 26.7 Å². The van der Waals surface area contributed by atoms with Gasteiger partial charge in [0, 0.05) is 44.0 Å². The van der Waals surface area contributed by atoms with Gasteiger partial charge in [0.05, 0.1) is 17.6 Å². The van der Waals surface area contributed by atoms with Crippen LogP contribution in [0.4, 0.5) is 10.5 Å². The summed E-state index contributed by atoms with van der Waals surface area (Å²) in [5.74, 6) is 0. The molecule has 0 aliphatic rings. The monoisotopic (exact) mass is 457 g/mol. The number of rotatable bonds is 7. The molecule has 0 aliphatic carbocycles.